The molecule has 0 aromatic rings. The highest BCUT2D eigenvalue weighted by Crippen LogP contribution is 2.15. The monoisotopic (exact) mass is 290 g/mol. The lowest BCUT2D eigenvalue weighted by atomic mass is 10.0. The summed E-state index contributed by atoms with van der Waals surface area (Å²) in [5, 5.41) is 3.52. The van der Waals surface area contributed by atoms with Gasteiger partial charge in [0.1, 0.15) is 0 Å². The summed E-state index contributed by atoms with van der Waals surface area (Å²) in [5.74, 6) is 1.46. The molecule has 1 heterocycles. The van der Waals surface area contributed by atoms with Crippen LogP contribution in [-0.2, 0) is 9.84 Å². The Morgan fingerprint density at radius 3 is 2.47 bits per heavy atom. The Morgan fingerprint density at radius 1 is 1.26 bits per heavy atom. The molecule has 2 atom stereocenters. The lowest BCUT2D eigenvalue weighted by Gasteiger charge is -2.24. The molecule has 1 saturated heterocycles. The fourth-order valence-electron chi connectivity index (χ4n) is 2.48. The van der Waals surface area contributed by atoms with E-state index in [1.165, 1.54) is 12.8 Å². The predicted molar refractivity (Wildman–Crippen MR) is 81.2 cm³/mol. The molecule has 2 unspecified atom stereocenters. The van der Waals surface area contributed by atoms with Gasteiger partial charge >= 0.3 is 0 Å². The summed E-state index contributed by atoms with van der Waals surface area (Å²) in [5.41, 5.74) is 0. The summed E-state index contributed by atoms with van der Waals surface area (Å²) in [6.45, 7) is 8.59. The molecule has 0 aliphatic carbocycles. The van der Waals surface area contributed by atoms with E-state index in [-0.39, 0.29) is 6.04 Å². The van der Waals surface area contributed by atoms with Crippen LogP contribution in [0.15, 0.2) is 0 Å². The first kappa shape index (κ1) is 16.9. The van der Waals surface area contributed by atoms with E-state index in [1.54, 1.807) is 0 Å². The van der Waals surface area contributed by atoms with Crippen LogP contribution in [0, 0.1) is 5.92 Å². The van der Waals surface area contributed by atoms with Crippen LogP contribution in [0.4, 0.5) is 0 Å². The molecule has 0 aromatic carbocycles. The molecule has 1 aliphatic rings. The van der Waals surface area contributed by atoms with Crippen molar-refractivity contribution in [1.82, 2.24) is 10.2 Å². The number of rotatable bonds is 8. The van der Waals surface area contributed by atoms with Gasteiger partial charge in [-0.05, 0) is 39.2 Å². The van der Waals surface area contributed by atoms with Gasteiger partial charge in [-0.25, -0.2) is 8.42 Å². The lowest BCUT2D eigenvalue weighted by molar-refractivity contribution is 0.257. The van der Waals surface area contributed by atoms with Crippen LogP contribution in [0.25, 0.3) is 0 Å². The molecule has 114 valence electrons. The van der Waals surface area contributed by atoms with Crippen molar-refractivity contribution in [3.8, 4) is 0 Å². The van der Waals surface area contributed by atoms with Crippen molar-refractivity contribution >= 4 is 9.84 Å². The molecule has 0 spiro atoms. The molecule has 5 heteroatoms. The van der Waals surface area contributed by atoms with E-state index in [0.29, 0.717) is 17.5 Å². The van der Waals surface area contributed by atoms with Gasteiger partial charge in [-0.2, -0.15) is 0 Å². The van der Waals surface area contributed by atoms with Crippen LogP contribution in [0.5, 0.6) is 0 Å². The highest BCUT2D eigenvalue weighted by Gasteiger charge is 2.30. The minimum atomic E-state index is -2.76. The molecular formula is C14H30N2O2S. The first-order valence-corrected chi connectivity index (χ1v) is 9.26. The maximum absolute atomic E-state index is 11.4. The third kappa shape index (κ3) is 6.72. The van der Waals surface area contributed by atoms with E-state index in [9.17, 15) is 8.42 Å². The van der Waals surface area contributed by atoms with Crippen LogP contribution in [-0.4, -0.2) is 57.0 Å². The fourth-order valence-corrected chi connectivity index (χ4v) is 4.28. The van der Waals surface area contributed by atoms with E-state index in [4.69, 9.17) is 0 Å². The van der Waals surface area contributed by atoms with Crippen LogP contribution >= 0.6 is 0 Å². The number of sulfone groups is 1. The zero-order valence-electron chi connectivity index (χ0n) is 12.9. The Bertz CT molecular complexity index is 354. The predicted octanol–water partition coefficient (Wildman–Crippen LogP) is 1.52. The third-order valence-electron chi connectivity index (χ3n) is 3.97. The van der Waals surface area contributed by atoms with E-state index < -0.39 is 9.84 Å². The summed E-state index contributed by atoms with van der Waals surface area (Å²) in [6, 6.07) is 0.765. The molecule has 1 N–H and O–H groups in total. The molecule has 19 heavy (non-hydrogen) atoms. The molecule has 0 bridgehead atoms. The van der Waals surface area contributed by atoms with Crippen molar-refractivity contribution in [2.75, 3.05) is 31.6 Å². The van der Waals surface area contributed by atoms with Gasteiger partial charge in [-0.3, -0.25) is 0 Å². The van der Waals surface area contributed by atoms with Crippen LogP contribution in [0.3, 0.4) is 0 Å². The summed E-state index contributed by atoms with van der Waals surface area (Å²) >= 11 is 0. The average Bonchev–Trinajstić information content (AvgIpc) is 2.67. The minimum absolute atomic E-state index is 0.220. The van der Waals surface area contributed by atoms with Crippen LogP contribution in [0.1, 0.15) is 40.0 Å². The normalized spacial score (nSPS) is 24.2. The van der Waals surface area contributed by atoms with E-state index in [1.807, 2.05) is 7.05 Å². The average molecular weight is 290 g/mol. The van der Waals surface area contributed by atoms with Gasteiger partial charge in [0.2, 0.25) is 0 Å². The Kier molecular flexibility index (Phi) is 6.77. The van der Waals surface area contributed by atoms with Crippen molar-refractivity contribution in [1.29, 1.82) is 0 Å². The summed E-state index contributed by atoms with van der Waals surface area (Å²) < 4.78 is 22.9. The second-order valence-electron chi connectivity index (χ2n) is 6.36. The smallest absolute Gasteiger partial charge is 0.151 e. The maximum atomic E-state index is 11.4. The zero-order chi connectivity index (χ0) is 14.5. The zero-order valence-corrected chi connectivity index (χ0v) is 13.7. The number of hydrogen-bond donors (Lipinski definition) is 1. The summed E-state index contributed by atoms with van der Waals surface area (Å²) in [6.07, 6.45) is 3.26. The van der Waals surface area contributed by atoms with Crippen molar-refractivity contribution in [3.63, 3.8) is 0 Å². The number of likely N-dealkylation sites (N-methyl/N-ethyl adjacent to an activating group) is 1. The number of hydrogen-bond acceptors (Lipinski definition) is 4. The van der Waals surface area contributed by atoms with Gasteiger partial charge < -0.3 is 10.2 Å². The van der Waals surface area contributed by atoms with Crippen LogP contribution < -0.4 is 5.32 Å². The highest BCUT2D eigenvalue weighted by molar-refractivity contribution is 7.91. The molecule has 1 fully saturated rings. The largest absolute Gasteiger partial charge is 0.313 e. The standard InChI is InChI=1S/C14H30N2O2S/c1-12(2)5-6-13(3)15-8-9-16(4)14-7-10-19(17,18)11-14/h12-15H,5-11H2,1-4H3. The lowest BCUT2D eigenvalue weighted by Crippen LogP contribution is -2.39. The molecule has 1 rings (SSSR count). The Balaban J connectivity index is 2.15. The van der Waals surface area contributed by atoms with Crippen molar-refractivity contribution < 1.29 is 8.42 Å². The Labute approximate surface area is 118 Å². The van der Waals surface area contributed by atoms with E-state index >= 15 is 0 Å². The van der Waals surface area contributed by atoms with Gasteiger partial charge in [0.05, 0.1) is 11.5 Å². The minimum Gasteiger partial charge on any atom is -0.313 e. The molecule has 0 amide bonds. The van der Waals surface area contributed by atoms with Crippen molar-refractivity contribution in [2.45, 2.75) is 52.1 Å². The SMILES string of the molecule is CC(C)CCC(C)NCCN(C)C1CCS(=O)(=O)C1. The molecule has 4 nitrogen and oxygen atoms in total. The third-order valence-corrected chi connectivity index (χ3v) is 5.72. The summed E-state index contributed by atoms with van der Waals surface area (Å²) in [4.78, 5) is 2.19. The van der Waals surface area contributed by atoms with Crippen molar-refractivity contribution in [2.24, 2.45) is 5.92 Å². The quantitative estimate of drug-likeness (QED) is 0.736. The first-order valence-electron chi connectivity index (χ1n) is 7.44. The van der Waals surface area contributed by atoms with E-state index in [0.717, 1.165) is 25.4 Å². The van der Waals surface area contributed by atoms with Gasteiger partial charge in [-0.1, -0.05) is 13.8 Å². The molecule has 0 saturated carbocycles. The number of nitrogens with one attached hydrogen (secondary N) is 1. The topological polar surface area (TPSA) is 49.4 Å². The molecule has 1 aliphatic heterocycles. The highest BCUT2D eigenvalue weighted by atomic mass is 32.2. The molecule has 0 radical (unpaired) electrons. The van der Waals surface area contributed by atoms with Crippen molar-refractivity contribution in [3.05, 3.63) is 0 Å². The Morgan fingerprint density at radius 2 is 1.95 bits per heavy atom. The van der Waals surface area contributed by atoms with E-state index in [2.05, 4.69) is 31.0 Å². The number of nitrogens with zero attached hydrogens (tertiary/aromatic N) is 1. The second kappa shape index (κ2) is 7.60. The Hall–Kier alpha value is -0.130. The summed E-state index contributed by atoms with van der Waals surface area (Å²) in [7, 11) is -0.728. The van der Waals surface area contributed by atoms with Crippen LogP contribution in [0.2, 0.25) is 0 Å². The van der Waals surface area contributed by atoms with Gasteiger partial charge in [0.15, 0.2) is 9.84 Å². The fraction of sp³-hybridized carbons (Fsp3) is 1.00. The van der Waals surface area contributed by atoms with Gasteiger partial charge in [-0.15, -0.1) is 0 Å². The maximum Gasteiger partial charge on any atom is 0.151 e. The van der Waals surface area contributed by atoms with Gasteiger partial charge in [0.25, 0.3) is 0 Å². The second-order valence-corrected chi connectivity index (χ2v) is 8.59. The van der Waals surface area contributed by atoms with Gasteiger partial charge in [0, 0.05) is 25.2 Å². The first-order chi connectivity index (χ1) is 8.80. The molecular weight excluding hydrogens is 260 g/mol. The molecule has 0 aromatic heterocycles.